The van der Waals surface area contributed by atoms with Crippen molar-refractivity contribution >= 4 is 23.4 Å². The van der Waals surface area contributed by atoms with Gasteiger partial charge in [0, 0.05) is 25.7 Å². The third-order valence-corrected chi connectivity index (χ3v) is 4.50. The molecule has 1 aromatic carbocycles. The Morgan fingerprint density at radius 3 is 2.64 bits per heavy atom. The monoisotopic (exact) mass is 345 g/mol. The number of hydrogen-bond donors (Lipinski definition) is 1. The van der Waals surface area contributed by atoms with Crippen LogP contribution in [-0.2, 0) is 14.4 Å². The second kappa shape index (κ2) is 8.65. The first-order valence-corrected chi connectivity index (χ1v) is 8.85. The third kappa shape index (κ3) is 4.81. The SMILES string of the molecule is CCCN(CC(=O)Nc1ccccc1C)C(=O)C1CCCN1C(C)=O. The Labute approximate surface area is 149 Å². The van der Waals surface area contributed by atoms with Gasteiger partial charge >= 0.3 is 0 Å². The van der Waals surface area contributed by atoms with Gasteiger partial charge in [-0.3, -0.25) is 14.4 Å². The summed E-state index contributed by atoms with van der Waals surface area (Å²) in [7, 11) is 0. The first kappa shape index (κ1) is 19.0. The van der Waals surface area contributed by atoms with E-state index in [1.54, 1.807) is 9.80 Å². The molecule has 0 aromatic heterocycles. The second-order valence-corrected chi connectivity index (χ2v) is 6.49. The van der Waals surface area contributed by atoms with Gasteiger partial charge in [0.1, 0.15) is 6.04 Å². The number of benzene rings is 1. The fourth-order valence-corrected chi connectivity index (χ4v) is 3.22. The number of amides is 3. The highest BCUT2D eigenvalue weighted by molar-refractivity contribution is 5.96. The van der Waals surface area contributed by atoms with Crippen molar-refractivity contribution in [2.75, 3.05) is 25.0 Å². The molecule has 1 atom stereocenters. The third-order valence-electron chi connectivity index (χ3n) is 4.50. The molecule has 1 aromatic rings. The summed E-state index contributed by atoms with van der Waals surface area (Å²) >= 11 is 0. The Morgan fingerprint density at radius 1 is 1.28 bits per heavy atom. The number of para-hydroxylation sites is 1. The van der Waals surface area contributed by atoms with Crippen LogP contribution in [0.4, 0.5) is 5.69 Å². The maximum absolute atomic E-state index is 12.9. The van der Waals surface area contributed by atoms with E-state index in [1.165, 1.54) is 6.92 Å². The molecule has 6 heteroatoms. The molecule has 6 nitrogen and oxygen atoms in total. The first-order valence-electron chi connectivity index (χ1n) is 8.85. The lowest BCUT2D eigenvalue weighted by atomic mass is 10.1. The molecule has 0 radical (unpaired) electrons. The Hall–Kier alpha value is -2.37. The average molecular weight is 345 g/mol. The molecule has 136 valence electrons. The van der Waals surface area contributed by atoms with Gasteiger partial charge in [-0.05, 0) is 37.8 Å². The number of anilines is 1. The van der Waals surface area contributed by atoms with Gasteiger partial charge < -0.3 is 15.1 Å². The van der Waals surface area contributed by atoms with Crippen LogP contribution in [0.3, 0.4) is 0 Å². The van der Waals surface area contributed by atoms with Crippen LogP contribution in [0, 0.1) is 6.92 Å². The summed E-state index contributed by atoms with van der Waals surface area (Å²) in [6.07, 6.45) is 2.25. The Kier molecular flexibility index (Phi) is 6.56. The highest BCUT2D eigenvalue weighted by Gasteiger charge is 2.35. The van der Waals surface area contributed by atoms with E-state index in [2.05, 4.69) is 5.32 Å². The molecule has 1 saturated heterocycles. The highest BCUT2D eigenvalue weighted by Crippen LogP contribution is 2.20. The Bertz CT molecular complexity index is 645. The lowest BCUT2D eigenvalue weighted by Crippen LogP contribution is -2.49. The maximum atomic E-state index is 12.9. The zero-order valence-electron chi connectivity index (χ0n) is 15.2. The van der Waals surface area contributed by atoms with Crippen LogP contribution in [-0.4, -0.2) is 53.2 Å². The molecule has 2 rings (SSSR count). The number of aryl methyl sites for hydroxylation is 1. The zero-order valence-corrected chi connectivity index (χ0v) is 15.2. The van der Waals surface area contributed by atoms with Crippen LogP contribution in [0.1, 0.15) is 38.7 Å². The van der Waals surface area contributed by atoms with Gasteiger partial charge in [-0.2, -0.15) is 0 Å². The second-order valence-electron chi connectivity index (χ2n) is 6.49. The largest absolute Gasteiger partial charge is 0.332 e. The minimum Gasteiger partial charge on any atom is -0.332 e. The normalized spacial score (nSPS) is 16.6. The van der Waals surface area contributed by atoms with Crippen LogP contribution in [0.15, 0.2) is 24.3 Å². The van der Waals surface area contributed by atoms with E-state index >= 15 is 0 Å². The minimum atomic E-state index is -0.435. The molecule has 0 saturated carbocycles. The number of carbonyl (C=O) groups excluding carboxylic acids is 3. The van der Waals surface area contributed by atoms with Crippen LogP contribution in [0.25, 0.3) is 0 Å². The fourth-order valence-electron chi connectivity index (χ4n) is 3.22. The number of carbonyl (C=O) groups is 3. The average Bonchev–Trinajstić information content (AvgIpc) is 3.06. The number of hydrogen-bond acceptors (Lipinski definition) is 3. The summed E-state index contributed by atoms with van der Waals surface area (Å²) in [4.78, 5) is 40.2. The summed E-state index contributed by atoms with van der Waals surface area (Å²) in [5.41, 5.74) is 1.73. The van der Waals surface area contributed by atoms with Crippen molar-refractivity contribution in [1.82, 2.24) is 9.80 Å². The lowest BCUT2D eigenvalue weighted by Gasteiger charge is -2.29. The van der Waals surface area contributed by atoms with Gasteiger partial charge in [0.05, 0.1) is 6.54 Å². The van der Waals surface area contributed by atoms with Crippen molar-refractivity contribution in [2.24, 2.45) is 0 Å². The molecule has 0 spiro atoms. The summed E-state index contributed by atoms with van der Waals surface area (Å²) < 4.78 is 0. The van der Waals surface area contributed by atoms with Gasteiger partial charge in [0.2, 0.25) is 17.7 Å². The van der Waals surface area contributed by atoms with Crippen molar-refractivity contribution in [3.8, 4) is 0 Å². The topological polar surface area (TPSA) is 69.7 Å². The van der Waals surface area contributed by atoms with Crippen molar-refractivity contribution in [1.29, 1.82) is 0 Å². The van der Waals surface area contributed by atoms with Crippen LogP contribution >= 0.6 is 0 Å². The van der Waals surface area contributed by atoms with Gasteiger partial charge in [-0.25, -0.2) is 0 Å². The van der Waals surface area contributed by atoms with Gasteiger partial charge in [0.15, 0.2) is 0 Å². The van der Waals surface area contributed by atoms with Crippen molar-refractivity contribution in [3.05, 3.63) is 29.8 Å². The first-order chi connectivity index (χ1) is 11.9. The van der Waals surface area contributed by atoms with Crippen LogP contribution < -0.4 is 5.32 Å². The zero-order chi connectivity index (χ0) is 18.4. The van der Waals surface area contributed by atoms with Crippen molar-refractivity contribution in [3.63, 3.8) is 0 Å². The van der Waals surface area contributed by atoms with E-state index in [0.717, 1.165) is 24.1 Å². The maximum Gasteiger partial charge on any atom is 0.245 e. The van der Waals surface area contributed by atoms with Gasteiger partial charge in [-0.1, -0.05) is 25.1 Å². The predicted octanol–water partition coefficient (Wildman–Crippen LogP) is 2.18. The molecule has 1 aliphatic rings. The summed E-state index contributed by atoms with van der Waals surface area (Å²) in [6.45, 7) is 6.50. The highest BCUT2D eigenvalue weighted by atomic mass is 16.2. The molecule has 3 amide bonds. The van der Waals surface area contributed by atoms with E-state index in [9.17, 15) is 14.4 Å². The predicted molar refractivity (Wildman–Crippen MR) is 97.1 cm³/mol. The Morgan fingerprint density at radius 2 is 2.00 bits per heavy atom. The Balaban J connectivity index is 2.04. The molecule has 1 heterocycles. The minimum absolute atomic E-state index is 0.00323. The summed E-state index contributed by atoms with van der Waals surface area (Å²) in [5, 5.41) is 2.87. The molecular weight excluding hydrogens is 318 g/mol. The van der Waals surface area contributed by atoms with Crippen molar-refractivity contribution < 1.29 is 14.4 Å². The standard InChI is InChI=1S/C19H27N3O3/c1-4-11-21(19(25)17-10-7-12-22(17)15(3)23)13-18(24)20-16-9-6-5-8-14(16)2/h5-6,8-9,17H,4,7,10-13H2,1-3H3,(H,20,24). The number of nitrogens with zero attached hydrogens (tertiary/aromatic N) is 2. The van der Waals surface area contributed by atoms with Crippen LogP contribution in [0.2, 0.25) is 0 Å². The molecule has 0 aliphatic carbocycles. The van der Waals surface area contributed by atoms with E-state index in [4.69, 9.17) is 0 Å². The quantitative estimate of drug-likeness (QED) is 0.859. The number of nitrogens with one attached hydrogen (secondary N) is 1. The fraction of sp³-hybridized carbons (Fsp3) is 0.526. The van der Waals surface area contributed by atoms with Crippen LogP contribution in [0.5, 0.6) is 0 Å². The molecule has 1 fully saturated rings. The smallest absolute Gasteiger partial charge is 0.245 e. The molecule has 1 N–H and O–H groups in total. The number of rotatable bonds is 6. The van der Waals surface area contributed by atoms with E-state index in [-0.39, 0.29) is 24.3 Å². The lowest BCUT2D eigenvalue weighted by molar-refractivity contribution is -0.144. The van der Waals surface area contributed by atoms with E-state index < -0.39 is 6.04 Å². The molecule has 0 bridgehead atoms. The molecule has 1 aliphatic heterocycles. The van der Waals surface area contributed by atoms with E-state index in [1.807, 2.05) is 38.1 Å². The molecular formula is C19H27N3O3. The molecule has 1 unspecified atom stereocenters. The number of likely N-dealkylation sites (tertiary alicyclic amines) is 1. The van der Waals surface area contributed by atoms with Gasteiger partial charge in [-0.15, -0.1) is 0 Å². The summed E-state index contributed by atoms with van der Waals surface area (Å²) in [5.74, 6) is -0.436. The molecule has 25 heavy (non-hydrogen) atoms. The van der Waals surface area contributed by atoms with Gasteiger partial charge in [0.25, 0.3) is 0 Å². The van der Waals surface area contributed by atoms with Crippen molar-refractivity contribution in [2.45, 2.75) is 46.1 Å². The van der Waals surface area contributed by atoms with E-state index in [0.29, 0.717) is 19.5 Å². The summed E-state index contributed by atoms with van der Waals surface area (Å²) in [6, 6.07) is 7.10.